The van der Waals surface area contributed by atoms with Gasteiger partial charge in [0.2, 0.25) is 0 Å². The highest BCUT2D eigenvalue weighted by atomic mass is 15.2. The molecule has 1 aliphatic heterocycles. The first-order valence-electron chi connectivity index (χ1n) is 7.84. The molecule has 2 heteroatoms. The molecular formula is C19H24N2. The van der Waals surface area contributed by atoms with Crippen molar-refractivity contribution in [1.82, 2.24) is 10.2 Å². The molecule has 1 aliphatic rings. The first-order valence-corrected chi connectivity index (χ1v) is 7.84. The maximum Gasteiger partial charge on any atom is 0.0320 e. The second-order valence-electron chi connectivity index (χ2n) is 5.93. The van der Waals surface area contributed by atoms with Gasteiger partial charge < -0.3 is 5.32 Å². The van der Waals surface area contributed by atoms with E-state index in [0.29, 0.717) is 12.1 Å². The van der Waals surface area contributed by atoms with Crippen LogP contribution in [-0.2, 0) is 0 Å². The smallest absolute Gasteiger partial charge is 0.0320 e. The Balaban J connectivity index is 1.72. The largest absolute Gasteiger partial charge is 0.316 e. The Morgan fingerprint density at radius 1 is 1.00 bits per heavy atom. The van der Waals surface area contributed by atoms with Crippen molar-refractivity contribution < 1.29 is 0 Å². The summed E-state index contributed by atoms with van der Waals surface area (Å²) < 4.78 is 0. The average molecular weight is 280 g/mol. The van der Waals surface area contributed by atoms with Gasteiger partial charge in [-0.2, -0.15) is 0 Å². The number of likely N-dealkylation sites (tertiary alicyclic amines) is 1. The number of nitrogens with zero attached hydrogens (tertiary/aromatic N) is 1. The van der Waals surface area contributed by atoms with Crippen LogP contribution < -0.4 is 5.32 Å². The molecule has 0 aliphatic carbocycles. The minimum atomic E-state index is 0.494. The minimum Gasteiger partial charge on any atom is -0.316 e. The lowest BCUT2D eigenvalue weighted by Crippen LogP contribution is -2.31. The molecule has 2 aromatic rings. The molecule has 0 saturated carbocycles. The standard InChI is InChI=1S/C19H24N2/c1-15(21-13-12-19(14-21)20-2)16-8-10-18(11-9-16)17-6-4-3-5-7-17/h3-11,15,19-20H,12-14H2,1-2H3. The van der Waals surface area contributed by atoms with Crippen LogP contribution >= 0.6 is 0 Å². The second kappa shape index (κ2) is 6.42. The predicted molar refractivity (Wildman–Crippen MR) is 89.3 cm³/mol. The fraction of sp³-hybridized carbons (Fsp3) is 0.368. The fourth-order valence-corrected chi connectivity index (χ4v) is 3.17. The van der Waals surface area contributed by atoms with Gasteiger partial charge in [0, 0.05) is 25.2 Å². The number of hydrogen-bond donors (Lipinski definition) is 1. The zero-order valence-corrected chi connectivity index (χ0v) is 12.9. The van der Waals surface area contributed by atoms with Gasteiger partial charge >= 0.3 is 0 Å². The molecule has 1 N–H and O–H groups in total. The highest BCUT2D eigenvalue weighted by Crippen LogP contribution is 2.27. The van der Waals surface area contributed by atoms with Crippen molar-refractivity contribution >= 4 is 0 Å². The van der Waals surface area contributed by atoms with E-state index in [1.54, 1.807) is 0 Å². The summed E-state index contributed by atoms with van der Waals surface area (Å²) in [5, 5.41) is 3.39. The van der Waals surface area contributed by atoms with Crippen molar-refractivity contribution in [3.05, 3.63) is 60.2 Å². The molecule has 1 saturated heterocycles. The van der Waals surface area contributed by atoms with E-state index in [1.807, 2.05) is 0 Å². The average Bonchev–Trinajstić information content (AvgIpc) is 3.04. The normalized spacial score (nSPS) is 20.6. The third-order valence-corrected chi connectivity index (χ3v) is 4.68. The highest BCUT2D eigenvalue weighted by molar-refractivity contribution is 5.63. The Morgan fingerprint density at radius 3 is 2.29 bits per heavy atom. The molecule has 110 valence electrons. The van der Waals surface area contributed by atoms with Crippen LogP contribution in [0.2, 0.25) is 0 Å². The first-order chi connectivity index (χ1) is 10.3. The molecular weight excluding hydrogens is 256 g/mol. The maximum absolute atomic E-state index is 3.39. The minimum absolute atomic E-state index is 0.494. The molecule has 0 amide bonds. The Morgan fingerprint density at radius 2 is 1.67 bits per heavy atom. The zero-order valence-electron chi connectivity index (χ0n) is 12.9. The van der Waals surface area contributed by atoms with Crippen LogP contribution in [0.15, 0.2) is 54.6 Å². The van der Waals surface area contributed by atoms with Crippen LogP contribution in [0.3, 0.4) is 0 Å². The quantitative estimate of drug-likeness (QED) is 0.918. The molecule has 21 heavy (non-hydrogen) atoms. The summed E-state index contributed by atoms with van der Waals surface area (Å²) in [6.07, 6.45) is 1.25. The van der Waals surface area contributed by atoms with Gasteiger partial charge in [-0.05, 0) is 37.1 Å². The summed E-state index contributed by atoms with van der Waals surface area (Å²) in [6, 6.07) is 20.8. The Labute approximate surface area is 127 Å². The number of rotatable bonds is 4. The summed E-state index contributed by atoms with van der Waals surface area (Å²) in [4.78, 5) is 2.57. The number of hydrogen-bond acceptors (Lipinski definition) is 2. The molecule has 3 rings (SSSR count). The SMILES string of the molecule is CNC1CCN(C(C)c2ccc(-c3ccccc3)cc2)C1. The van der Waals surface area contributed by atoms with E-state index in [2.05, 4.69) is 78.8 Å². The van der Waals surface area contributed by atoms with E-state index >= 15 is 0 Å². The van der Waals surface area contributed by atoms with Crippen LogP contribution in [0.1, 0.15) is 24.9 Å². The van der Waals surface area contributed by atoms with Crippen molar-refractivity contribution in [3.8, 4) is 11.1 Å². The molecule has 1 fully saturated rings. The molecule has 2 unspecified atom stereocenters. The molecule has 0 aromatic heterocycles. The van der Waals surface area contributed by atoms with Crippen LogP contribution in [0.5, 0.6) is 0 Å². The number of benzene rings is 2. The van der Waals surface area contributed by atoms with Crippen molar-refractivity contribution in [1.29, 1.82) is 0 Å². The Kier molecular flexibility index (Phi) is 4.37. The highest BCUT2D eigenvalue weighted by Gasteiger charge is 2.25. The van der Waals surface area contributed by atoms with Gasteiger partial charge in [-0.15, -0.1) is 0 Å². The van der Waals surface area contributed by atoms with Crippen LogP contribution in [0, 0.1) is 0 Å². The van der Waals surface area contributed by atoms with E-state index < -0.39 is 0 Å². The second-order valence-corrected chi connectivity index (χ2v) is 5.93. The topological polar surface area (TPSA) is 15.3 Å². The molecule has 0 radical (unpaired) electrons. The molecule has 2 nitrogen and oxygen atoms in total. The van der Waals surface area contributed by atoms with Gasteiger partial charge in [0.1, 0.15) is 0 Å². The van der Waals surface area contributed by atoms with Crippen LogP contribution in [0.25, 0.3) is 11.1 Å². The summed E-state index contributed by atoms with van der Waals surface area (Å²) in [5.41, 5.74) is 3.99. The van der Waals surface area contributed by atoms with E-state index in [9.17, 15) is 0 Å². The Bertz CT molecular complexity index is 562. The van der Waals surface area contributed by atoms with Crippen molar-refractivity contribution in [2.75, 3.05) is 20.1 Å². The van der Waals surface area contributed by atoms with Gasteiger partial charge in [0.15, 0.2) is 0 Å². The van der Waals surface area contributed by atoms with Crippen LogP contribution in [-0.4, -0.2) is 31.1 Å². The van der Waals surface area contributed by atoms with E-state index in [-0.39, 0.29) is 0 Å². The molecule has 0 spiro atoms. The molecule has 2 aromatic carbocycles. The Hall–Kier alpha value is -1.64. The van der Waals surface area contributed by atoms with Gasteiger partial charge in [0.05, 0.1) is 0 Å². The van der Waals surface area contributed by atoms with E-state index in [4.69, 9.17) is 0 Å². The van der Waals surface area contributed by atoms with Gasteiger partial charge in [-0.3, -0.25) is 4.90 Å². The van der Waals surface area contributed by atoms with Crippen LogP contribution in [0.4, 0.5) is 0 Å². The summed E-state index contributed by atoms with van der Waals surface area (Å²) >= 11 is 0. The molecule has 0 bridgehead atoms. The lowest BCUT2D eigenvalue weighted by molar-refractivity contribution is 0.257. The van der Waals surface area contributed by atoms with Crippen molar-refractivity contribution in [3.63, 3.8) is 0 Å². The lowest BCUT2D eigenvalue weighted by Gasteiger charge is -2.25. The number of nitrogens with one attached hydrogen (secondary N) is 1. The lowest BCUT2D eigenvalue weighted by atomic mass is 10.0. The monoisotopic (exact) mass is 280 g/mol. The molecule has 1 heterocycles. The zero-order chi connectivity index (χ0) is 14.7. The summed E-state index contributed by atoms with van der Waals surface area (Å²) in [5.74, 6) is 0. The van der Waals surface area contributed by atoms with Gasteiger partial charge in [0.25, 0.3) is 0 Å². The third kappa shape index (κ3) is 3.17. The van der Waals surface area contributed by atoms with Crippen molar-refractivity contribution in [2.45, 2.75) is 25.4 Å². The molecule has 2 atom stereocenters. The summed E-state index contributed by atoms with van der Waals surface area (Å²) in [6.45, 7) is 4.65. The van der Waals surface area contributed by atoms with Gasteiger partial charge in [-0.1, -0.05) is 54.6 Å². The summed E-state index contributed by atoms with van der Waals surface area (Å²) in [7, 11) is 2.06. The maximum atomic E-state index is 3.39. The number of likely N-dealkylation sites (N-methyl/N-ethyl adjacent to an activating group) is 1. The van der Waals surface area contributed by atoms with E-state index in [0.717, 1.165) is 6.54 Å². The predicted octanol–water partition coefficient (Wildman–Crippen LogP) is 3.71. The third-order valence-electron chi connectivity index (χ3n) is 4.68. The van der Waals surface area contributed by atoms with Crippen molar-refractivity contribution in [2.24, 2.45) is 0 Å². The van der Waals surface area contributed by atoms with Gasteiger partial charge in [-0.25, -0.2) is 0 Å². The van der Waals surface area contributed by atoms with E-state index in [1.165, 1.54) is 29.7 Å². The first kappa shape index (κ1) is 14.3. The fourth-order valence-electron chi connectivity index (χ4n) is 3.17.